The maximum absolute atomic E-state index is 5.80. The number of benzene rings is 2. The van der Waals surface area contributed by atoms with Gasteiger partial charge in [0, 0.05) is 17.4 Å². The lowest BCUT2D eigenvalue weighted by Crippen LogP contribution is -2.19. The second-order valence-corrected chi connectivity index (χ2v) is 9.91. The third-order valence-electron chi connectivity index (χ3n) is 7.13. The van der Waals surface area contributed by atoms with Gasteiger partial charge in [0.25, 0.3) is 0 Å². The number of rotatable bonds is 8. The first kappa shape index (κ1) is 23.4. The molecule has 35 heavy (non-hydrogen) atoms. The van der Waals surface area contributed by atoms with Crippen LogP contribution in [0.15, 0.2) is 48.5 Å². The van der Waals surface area contributed by atoms with Gasteiger partial charge in [-0.05, 0) is 66.5 Å². The molecule has 5 rings (SSSR count). The smallest absolute Gasteiger partial charge is 0.205 e. The normalized spacial score (nSPS) is 18.3. The third kappa shape index (κ3) is 5.17. The van der Waals surface area contributed by atoms with Crippen molar-refractivity contribution in [2.45, 2.75) is 64.3 Å². The Kier molecular flexibility index (Phi) is 6.99. The van der Waals surface area contributed by atoms with Crippen LogP contribution >= 0.6 is 0 Å². The first-order valence-corrected chi connectivity index (χ1v) is 12.7. The Bertz CT molecular complexity index is 1220. The summed E-state index contributed by atoms with van der Waals surface area (Å²) >= 11 is 0. The number of nitrogens with two attached hydrogens (primary N) is 1. The van der Waals surface area contributed by atoms with Crippen LogP contribution in [0.25, 0.3) is 22.5 Å². The summed E-state index contributed by atoms with van der Waals surface area (Å²) in [5, 5.41) is 19.5. The molecule has 1 aliphatic carbocycles. The second kappa shape index (κ2) is 10.5. The lowest BCUT2D eigenvalue weighted by molar-refractivity contribution is 0.302. The highest BCUT2D eigenvalue weighted by atomic mass is 15.5. The van der Waals surface area contributed by atoms with E-state index in [0.29, 0.717) is 17.7 Å². The molecule has 0 atom stereocenters. The minimum absolute atomic E-state index is 0.313. The van der Waals surface area contributed by atoms with Gasteiger partial charge >= 0.3 is 0 Å². The van der Waals surface area contributed by atoms with E-state index in [1.807, 2.05) is 18.2 Å². The highest BCUT2D eigenvalue weighted by molar-refractivity contribution is 5.80. The predicted octanol–water partition coefficient (Wildman–Crippen LogP) is 4.92. The summed E-state index contributed by atoms with van der Waals surface area (Å²) in [4.78, 5) is 5.01. The van der Waals surface area contributed by atoms with Crippen molar-refractivity contribution < 1.29 is 0 Å². The first-order chi connectivity index (χ1) is 17.1. The molecule has 1 fully saturated rings. The summed E-state index contributed by atoms with van der Waals surface area (Å²) in [7, 11) is 0. The van der Waals surface area contributed by atoms with Crippen LogP contribution < -0.4 is 5.73 Å². The largest absolute Gasteiger partial charge is 0.330 e. The molecule has 2 heterocycles. The van der Waals surface area contributed by atoms with Crippen LogP contribution in [0.5, 0.6) is 0 Å². The number of nitrogens with zero attached hydrogens (tertiary/aromatic N) is 6. The van der Waals surface area contributed by atoms with Crippen molar-refractivity contribution in [1.82, 2.24) is 35.4 Å². The second-order valence-electron chi connectivity index (χ2n) is 9.91. The first-order valence-electron chi connectivity index (χ1n) is 12.7. The Labute approximate surface area is 206 Å². The highest BCUT2D eigenvalue weighted by Gasteiger charge is 2.27. The average molecular weight is 471 g/mol. The van der Waals surface area contributed by atoms with E-state index in [1.54, 1.807) is 0 Å². The molecule has 0 unspecified atom stereocenters. The van der Waals surface area contributed by atoms with E-state index in [9.17, 15) is 0 Å². The molecule has 1 aliphatic rings. The topological polar surface area (TPSA) is 111 Å². The van der Waals surface area contributed by atoms with E-state index in [4.69, 9.17) is 15.8 Å². The summed E-state index contributed by atoms with van der Waals surface area (Å²) in [6.07, 6.45) is 5.96. The van der Waals surface area contributed by atoms with Gasteiger partial charge in [0.1, 0.15) is 5.82 Å². The molecule has 3 N–H and O–H groups in total. The van der Waals surface area contributed by atoms with Crippen molar-refractivity contribution in [3.8, 4) is 22.5 Å². The lowest BCUT2D eigenvalue weighted by Gasteiger charge is -2.27. The molecule has 0 radical (unpaired) electrons. The number of nitrogens with one attached hydrogen (secondary N) is 1. The van der Waals surface area contributed by atoms with Crippen LogP contribution in [-0.2, 0) is 6.54 Å². The van der Waals surface area contributed by atoms with Crippen LogP contribution in [-0.4, -0.2) is 41.9 Å². The van der Waals surface area contributed by atoms with Gasteiger partial charge in [-0.2, -0.15) is 10.3 Å². The molecule has 2 aromatic heterocycles. The fourth-order valence-corrected chi connectivity index (χ4v) is 5.15. The fourth-order valence-electron chi connectivity index (χ4n) is 5.15. The molecular formula is C27H34N8. The van der Waals surface area contributed by atoms with E-state index in [0.717, 1.165) is 53.8 Å². The molecule has 2 aromatic carbocycles. The van der Waals surface area contributed by atoms with Crippen molar-refractivity contribution >= 4 is 0 Å². The van der Waals surface area contributed by atoms with E-state index < -0.39 is 0 Å². The zero-order valence-corrected chi connectivity index (χ0v) is 20.6. The quantitative estimate of drug-likeness (QED) is 0.378. The van der Waals surface area contributed by atoms with Crippen molar-refractivity contribution in [3.63, 3.8) is 0 Å². The summed E-state index contributed by atoms with van der Waals surface area (Å²) in [6, 6.07) is 16.8. The zero-order chi connectivity index (χ0) is 24.2. The third-order valence-corrected chi connectivity index (χ3v) is 7.13. The molecule has 0 aliphatic heterocycles. The minimum Gasteiger partial charge on any atom is -0.330 e. The lowest BCUT2D eigenvalue weighted by atomic mass is 9.80. The Morgan fingerprint density at radius 2 is 1.74 bits per heavy atom. The van der Waals surface area contributed by atoms with Crippen molar-refractivity contribution in [2.75, 3.05) is 6.54 Å². The molecule has 0 saturated heterocycles. The maximum atomic E-state index is 5.80. The Hall–Kier alpha value is -3.39. The fraction of sp³-hybridized carbons (Fsp3) is 0.444. The van der Waals surface area contributed by atoms with E-state index in [-0.39, 0.29) is 0 Å². The molecular weight excluding hydrogens is 436 g/mol. The summed E-state index contributed by atoms with van der Waals surface area (Å²) in [5.41, 5.74) is 10.2. The Morgan fingerprint density at radius 1 is 1.00 bits per heavy atom. The van der Waals surface area contributed by atoms with Crippen LogP contribution in [0.4, 0.5) is 0 Å². The molecule has 4 aromatic rings. The number of hydrogen-bond acceptors (Lipinski definition) is 6. The number of H-pyrrole nitrogens is 1. The highest BCUT2D eigenvalue weighted by Crippen LogP contribution is 2.37. The number of tetrazole rings is 1. The molecule has 0 spiro atoms. The van der Waals surface area contributed by atoms with Gasteiger partial charge in [0.2, 0.25) is 5.82 Å². The SMILES string of the molecule is CC(C)c1nc(C2CCC(CCN)CC2)n(Cc2ccc(-c3ccccc3-c3nn[nH]n3)cc2)n1. The number of aromatic amines is 1. The standard InChI is InChI=1S/C27H34N8/c1-18(2)25-29-27(22-13-7-19(8-14-22)15-16-28)35(32-25)17-20-9-11-21(12-10-20)23-5-3-4-6-24(23)26-30-33-34-31-26/h3-6,9-12,18-19,22H,7-8,13-17,28H2,1-2H3,(H,30,31,33,34). The van der Waals surface area contributed by atoms with Crippen LogP contribution in [0.1, 0.15) is 75.0 Å². The molecule has 182 valence electrons. The molecule has 1 saturated carbocycles. The van der Waals surface area contributed by atoms with Gasteiger partial charge in [0.05, 0.1) is 6.54 Å². The van der Waals surface area contributed by atoms with Crippen LogP contribution in [0.2, 0.25) is 0 Å². The average Bonchev–Trinajstić information content (AvgIpc) is 3.56. The van der Waals surface area contributed by atoms with E-state index in [1.165, 1.54) is 31.2 Å². The van der Waals surface area contributed by atoms with Gasteiger partial charge in [-0.3, -0.25) is 0 Å². The number of aromatic nitrogens is 7. The zero-order valence-electron chi connectivity index (χ0n) is 20.6. The van der Waals surface area contributed by atoms with Gasteiger partial charge in [0.15, 0.2) is 5.82 Å². The number of hydrogen-bond donors (Lipinski definition) is 2. The van der Waals surface area contributed by atoms with Gasteiger partial charge < -0.3 is 5.73 Å². The summed E-state index contributed by atoms with van der Waals surface area (Å²) < 4.78 is 2.14. The molecule has 0 bridgehead atoms. The minimum atomic E-state index is 0.313. The molecule has 8 heteroatoms. The van der Waals surface area contributed by atoms with Crippen molar-refractivity contribution in [2.24, 2.45) is 11.7 Å². The van der Waals surface area contributed by atoms with Gasteiger partial charge in [-0.25, -0.2) is 9.67 Å². The van der Waals surface area contributed by atoms with Gasteiger partial charge in [-0.1, -0.05) is 62.4 Å². The van der Waals surface area contributed by atoms with E-state index in [2.05, 4.69) is 69.5 Å². The monoisotopic (exact) mass is 470 g/mol. The van der Waals surface area contributed by atoms with Gasteiger partial charge in [-0.15, -0.1) is 10.2 Å². The van der Waals surface area contributed by atoms with Crippen molar-refractivity contribution in [3.05, 3.63) is 65.7 Å². The van der Waals surface area contributed by atoms with Crippen LogP contribution in [0, 0.1) is 5.92 Å². The predicted molar refractivity (Wildman–Crippen MR) is 137 cm³/mol. The molecule has 8 nitrogen and oxygen atoms in total. The Balaban J connectivity index is 1.37. The van der Waals surface area contributed by atoms with Crippen molar-refractivity contribution in [1.29, 1.82) is 0 Å². The summed E-state index contributed by atoms with van der Waals surface area (Å²) in [5.74, 6) is 4.23. The van der Waals surface area contributed by atoms with Crippen LogP contribution in [0.3, 0.4) is 0 Å². The maximum Gasteiger partial charge on any atom is 0.205 e. The Morgan fingerprint density at radius 3 is 2.40 bits per heavy atom. The molecule has 0 amide bonds. The van der Waals surface area contributed by atoms with E-state index >= 15 is 0 Å². The summed E-state index contributed by atoms with van der Waals surface area (Å²) in [6.45, 7) is 5.85.